The molecule has 0 spiro atoms. The fourth-order valence-corrected chi connectivity index (χ4v) is 2.62. The second-order valence-electron chi connectivity index (χ2n) is 5.30. The standard InChI is InChI=1S/C14H15N5O5/c15-5-4-14(20)16-10-8-12(17-6-2-1-3-7-17)13(19(23)24)9-11(10)18(21)22/h8-9H,1-4,6-7H2,(H,16,20). The van der Waals surface area contributed by atoms with Gasteiger partial charge in [-0.2, -0.15) is 5.26 Å². The summed E-state index contributed by atoms with van der Waals surface area (Å²) in [6, 6.07) is 3.74. The van der Waals surface area contributed by atoms with E-state index in [1.54, 1.807) is 11.0 Å². The smallest absolute Gasteiger partial charge is 0.299 e. The van der Waals surface area contributed by atoms with E-state index in [2.05, 4.69) is 5.32 Å². The quantitative estimate of drug-likeness (QED) is 0.643. The van der Waals surface area contributed by atoms with Gasteiger partial charge in [-0.15, -0.1) is 0 Å². The molecule has 1 aromatic rings. The number of carbonyl (C=O) groups excluding carboxylic acids is 1. The molecule has 1 amide bonds. The zero-order valence-electron chi connectivity index (χ0n) is 12.7. The molecule has 1 saturated heterocycles. The van der Waals surface area contributed by atoms with Crippen LogP contribution < -0.4 is 10.2 Å². The lowest BCUT2D eigenvalue weighted by atomic mass is 10.1. The fourth-order valence-electron chi connectivity index (χ4n) is 2.62. The lowest BCUT2D eigenvalue weighted by molar-refractivity contribution is -0.393. The van der Waals surface area contributed by atoms with Crippen molar-refractivity contribution in [2.24, 2.45) is 0 Å². The van der Waals surface area contributed by atoms with Gasteiger partial charge in [0, 0.05) is 13.1 Å². The number of nitriles is 1. The van der Waals surface area contributed by atoms with Crippen LogP contribution in [0, 0.1) is 31.6 Å². The van der Waals surface area contributed by atoms with Gasteiger partial charge in [0.15, 0.2) is 0 Å². The zero-order valence-corrected chi connectivity index (χ0v) is 12.7. The van der Waals surface area contributed by atoms with E-state index in [4.69, 9.17) is 5.26 Å². The molecule has 0 bridgehead atoms. The maximum Gasteiger partial charge on any atom is 0.299 e. The molecule has 10 nitrogen and oxygen atoms in total. The number of hydrogen-bond donors (Lipinski definition) is 1. The third-order valence-corrected chi connectivity index (χ3v) is 3.70. The van der Waals surface area contributed by atoms with Gasteiger partial charge in [-0.25, -0.2) is 0 Å². The predicted octanol–water partition coefficient (Wildman–Crippen LogP) is 2.35. The van der Waals surface area contributed by atoms with Crippen molar-refractivity contribution in [2.45, 2.75) is 25.7 Å². The predicted molar refractivity (Wildman–Crippen MR) is 84.7 cm³/mol. The number of nitro benzene ring substituents is 2. The van der Waals surface area contributed by atoms with E-state index >= 15 is 0 Å². The molecule has 0 saturated carbocycles. The summed E-state index contributed by atoms with van der Waals surface area (Å²) < 4.78 is 0. The number of hydrogen-bond acceptors (Lipinski definition) is 7. The van der Waals surface area contributed by atoms with Crippen molar-refractivity contribution in [3.05, 3.63) is 32.4 Å². The van der Waals surface area contributed by atoms with Gasteiger partial charge in [0.25, 0.3) is 11.4 Å². The van der Waals surface area contributed by atoms with Crippen molar-refractivity contribution in [3.8, 4) is 6.07 Å². The van der Waals surface area contributed by atoms with Gasteiger partial charge >= 0.3 is 0 Å². The van der Waals surface area contributed by atoms with Crippen LogP contribution in [0.2, 0.25) is 0 Å². The zero-order chi connectivity index (χ0) is 17.7. The first-order chi connectivity index (χ1) is 11.4. The highest BCUT2D eigenvalue weighted by molar-refractivity contribution is 5.96. The third-order valence-electron chi connectivity index (χ3n) is 3.70. The number of rotatable bonds is 5. The number of benzene rings is 1. The number of nitrogens with one attached hydrogen (secondary N) is 1. The van der Waals surface area contributed by atoms with E-state index in [1.807, 2.05) is 0 Å². The summed E-state index contributed by atoms with van der Waals surface area (Å²) in [5.41, 5.74) is -0.861. The van der Waals surface area contributed by atoms with Crippen LogP contribution in [0.15, 0.2) is 12.1 Å². The van der Waals surface area contributed by atoms with E-state index in [-0.39, 0.29) is 17.1 Å². The van der Waals surface area contributed by atoms with E-state index in [0.29, 0.717) is 13.1 Å². The number of anilines is 2. The van der Waals surface area contributed by atoms with Crippen molar-refractivity contribution < 1.29 is 14.6 Å². The Balaban J connectivity index is 2.51. The Labute approximate surface area is 137 Å². The molecule has 1 N–H and O–H groups in total. The maximum absolute atomic E-state index is 11.6. The molecule has 1 fully saturated rings. The second-order valence-corrected chi connectivity index (χ2v) is 5.30. The molecule has 1 aliphatic heterocycles. The minimum atomic E-state index is -0.797. The van der Waals surface area contributed by atoms with Crippen LogP contribution in [-0.4, -0.2) is 28.8 Å². The normalized spacial score (nSPS) is 13.9. The number of nitro groups is 2. The largest absolute Gasteiger partial charge is 0.366 e. The van der Waals surface area contributed by atoms with Crippen molar-refractivity contribution in [1.29, 1.82) is 5.26 Å². The summed E-state index contributed by atoms with van der Waals surface area (Å²) >= 11 is 0. The third kappa shape index (κ3) is 3.75. The fraction of sp³-hybridized carbons (Fsp3) is 0.429. The van der Waals surface area contributed by atoms with Crippen LogP contribution in [0.3, 0.4) is 0 Å². The van der Waals surface area contributed by atoms with E-state index < -0.39 is 27.9 Å². The molecule has 0 unspecified atom stereocenters. The van der Waals surface area contributed by atoms with Gasteiger partial charge in [-0.3, -0.25) is 25.0 Å². The van der Waals surface area contributed by atoms with E-state index in [9.17, 15) is 25.0 Å². The summed E-state index contributed by atoms with van der Waals surface area (Å²) in [4.78, 5) is 34.4. The Bertz CT molecular complexity index is 721. The van der Waals surface area contributed by atoms with Gasteiger partial charge in [0.1, 0.15) is 17.8 Å². The minimum absolute atomic E-state index is 0.147. The van der Waals surface area contributed by atoms with E-state index in [0.717, 1.165) is 25.3 Å². The van der Waals surface area contributed by atoms with Crippen LogP contribution in [0.4, 0.5) is 22.7 Å². The molecule has 24 heavy (non-hydrogen) atoms. The summed E-state index contributed by atoms with van der Waals surface area (Å²) in [5, 5.41) is 33.3. The molecular formula is C14H15N5O5. The Morgan fingerprint density at radius 1 is 1.17 bits per heavy atom. The topological polar surface area (TPSA) is 142 Å². The first-order valence-corrected chi connectivity index (χ1v) is 7.32. The lowest BCUT2D eigenvalue weighted by Gasteiger charge is -2.28. The van der Waals surface area contributed by atoms with Crippen molar-refractivity contribution >= 4 is 28.7 Å². The average Bonchev–Trinajstić information content (AvgIpc) is 2.55. The van der Waals surface area contributed by atoms with Crippen molar-refractivity contribution in [3.63, 3.8) is 0 Å². The highest BCUT2D eigenvalue weighted by atomic mass is 16.6. The number of nitrogens with zero attached hydrogens (tertiary/aromatic N) is 4. The molecule has 2 rings (SSSR count). The van der Waals surface area contributed by atoms with Gasteiger partial charge in [0.05, 0.1) is 22.0 Å². The maximum atomic E-state index is 11.6. The number of piperidine rings is 1. The Morgan fingerprint density at radius 3 is 2.33 bits per heavy atom. The summed E-state index contributed by atoms with van der Waals surface area (Å²) in [6.07, 6.45) is 2.28. The number of carbonyl (C=O) groups is 1. The van der Waals surface area contributed by atoms with Gasteiger partial charge in [-0.05, 0) is 25.3 Å². The van der Waals surface area contributed by atoms with Crippen molar-refractivity contribution in [2.75, 3.05) is 23.3 Å². The van der Waals surface area contributed by atoms with Crippen LogP contribution >= 0.6 is 0 Å². The summed E-state index contributed by atoms with van der Waals surface area (Å²) in [7, 11) is 0. The SMILES string of the molecule is N#CCC(=O)Nc1cc(N2CCCCC2)c([N+](=O)[O-])cc1[N+](=O)[O-]. The first kappa shape index (κ1) is 17.1. The molecule has 1 heterocycles. The molecule has 0 radical (unpaired) electrons. The van der Waals surface area contributed by atoms with Crippen LogP contribution in [0.25, 0.3) is 0 Å². The highest BCUT2D eigenvalue weighted by Crippen LogP contribution is 2.39. The first-order valence-electron chi connectivity index (χ1n) is 7.32. The molecule has 1 aromatic carbocycles. The molecular weight excluding hydrogens is 318 g/mol. The monoisotopic (exact) mass is 333 g/mol. The van der Waals surface area contributed by atoms with E-state index in [1.165, 1.54) is 6.07 Å². The molecule has 126 valence electrons. The molecule has 0 atom stereocenters. The highest BCUT2D eigenvalue weighted by Gasteiger charge is 2.28. The van der Waals surface area contributed by atoms with Gasteiger partial charge in [0.2, 0.25) is 5.91 Å². The number of amides is 1. The van der Waals surface area contributed by atoms with Gasteiger partial charge < -0.3 is 10.2 Å². The summed E-state index contributed by atoms with van der Waals surface area (Å²) in [5.74, 6) is -0.709. The van der Waals surface area contributed by atoms with Crippen molar-refractivity contribution in [1.82, 2.24) is 0 Å². The molecule has 0 aromatic heterocycles. The summed E-state index contributed by atoms with van der Waals surface area (Å²) in [6.45, 7) is 1.20. The average molecular weight is 333 g/mol. The Kier molecular flexibility index (Phi) is 5.26. The second kappa shape index (κ2) is 7.36. The van der Waals surface area contributed by atoms with Gasteiger partial charge in [-0.1, -0.05) is 0 Å². The molecule has 10 heteroatoms. The minimum Gasteiger partial charge on any atom is -0.366 e. The Hall–Kier alpha value is -3.22. The van der Waals surface area contributed by atoms with Crippen LogP contribution in [-0.2, 0) is 4.79 Å². The van der Waals surface area contributed by atoms with Crippen LogP contribution in [0.5, 0.6) is 0 Å². The van der Waals surface area contributed by atoms with Crippen LogP contribution in [0.1, 0.15) is 25.7 Å². The molecule has 0 aliphatic carbocycles. The lowest BCUT2D eigenvalue weighted by Crippen LogP contribution is -2.30. The Morgan fingerprint density at radius 2 is 1.79 bits per heavy atom. The molecule has 1 aliphatic rings.